The molecule has 0 aliphatic carbocycles. The first-order chi connectivity index (χ1) is 11.9. The average molecular weight is 400 g/mol. The number of nitro groups is 1. The van der Waals surface area contributed by atoms with Crippen molar-refractivity contribution >= 4 is 62.3 Å². The van der Waals surface area contributed by atoms with Crippen LogP contribution in [0.15, 0.2) is 34.7 Å². The largest absolute Gasteiger partial charge is 0.433 e. The highest BCUT2D eigenvalue weighted by Gasteiger charge is 2.20. The smallest absolute Gasteiger partial charge is 0.395 e. The van der Waals surface area contributed by atoms with Gasteiger partial charge in [-0.1, -0.05) is 23.2 Å². The molecule has 0 radical (unpaired) electrons. The first-order valence-electron chi connectivity index (χ1n) is 6.59. The van der Waals surface area contributed by atoms with Crippen LogP contribution in [0.25, 0.3) is 10.1 Å². The number of rotatable bonds is 3. The number of hydrazine groups is 1. The third-order valence-corrected chi connectivity index (χ3v) is 4.99. The monoisotopic (exact) mass is 399 g/mol. The predicted octanol–water partition coefficient (Wildman–Crippen LogP) is 3.78. The minimum absolute atomic E-state index is 0.185. The molecule has 0 fully saturated rings. The van der Waals surface area contributed by atoms with Crippen molar-refractivity contribution in [2.75, 3.05) is 0 Å². The van der Waals surface area contributed by atoms with E-state index >= 15 is 0 Å². The van der Waals surface area contributed by atoms with E-state index in [1.165, 1.54) is 0 Å². The normalized spacial score (nSPS) is 10.6. The van der Waals surface area contributed by atoms with Crippen LogP contribution < -0.4 is 10.9 Å². The van der Waals surface area contributed by atoms with E-state index in [0.717, 1.165) is 28.2 Å². The minimum Gasteiger partial charge on any atom is -0.395 e. The van der Waals surface area contributed by atoms with Crippen LogP contribution in [-0.2, 0) is 0 Å². The zero-order valence-electron chi connectivity index (χ0n) is 12.0. The first-order valence-corrected chi connectivity index (χ1v) is 8.16. The minimum atomic E-state index is -0.846. The van der Waals surface area contributed by atoms with E-state index in [2.05, 4.69) is 10.9 Å². The summed E-state index contributed by atoms with van der Waals surface area (Å²) in [6, 6.07) is 7.18. The SMILES string of the molecule is O=C(NNC(=O)c1sc2ccc(Cl)cc2c1Cl)c1ccc([N+](=O)[O-])o1. The first kappa shape index (κ1) is 17.2. The van der Waals surface area contributed by atoms with E-state index in [-0.39, 0.29) is 15.7 Å². The van der Waals surface area contributed by atoms with Crippen molar-refractivity contribution in [3.8, 4) is 0 Å². The van der Waals surface area contributed by atoms with E-state index in [4.69, 9.17) is 27.6 Å². The highest BCUT2D eigenvalue weighted by Crippen LogP contribution is 2.36. The highest BCUT2D eigenvalue weighted by atomic mass is 35.5. The zero-order chi connectivity index (χ0) is 18.1. The van der Waals surface area contributed by atoms with Crippen LogP contribution in [0.2, 0.25) is 10.0 Å². The van der Waals surface area contributed by atoms with Crippen molar-refractivity contribution in [1.82, 2.24) is 10.9 Å². The summed E-state index contributed by atoms with van der Waals surface area (Å²) in [4.78, 5) is 34.0. The molecule has 0 aliphatic heterocycles. The summed E-state index contributed by atoms with van der Waals surface area (Å²) < 4.78 is 5.49. The fraction of sp³-hybridized carbons (Fsp3) is 0. The molecule has 0 bridgehead atoms. The van der Waals surface area contributed by atoms with E-state index in [0.29, 0.717) is 10.4 Å². The van der Waals surface area contributed by atoms with Gasteiger partial charge >= 0.3 is 11.8 Å². The fourth-order valence-corrected chi connectivity index (χ4v) is 3.52. The van der Waals surface area contributed by atoms with Gasteiger partial charge in [0, 0.05) is 15.1 Å². The molecule has 11 heteroatoms. The molecule has 3 rings (SSSR count). The van der Waals surface area contributed by atoms with Crippen molar-refractivity contribution in [2.45, 2.75) is 0 Å². The maximum Gasteiger partial charge on any atom is 0.433 e. The third kappa shape index (κ3) is 3.43. The van der Waals surface area contributed by atoms with Crippen LogP contribution in [-0.4, -0.2) is 16.7 Å². The summed E-state index contributed by atoms with van der Waals surface area (Å²) in [5.41, 5.74) is 4.28. The Morgan fingerprint density at radius 3 is 2.52 bits per heavy atom. The van der Waals surface area contributed by atoms with E-state index in [1.807, 2.05) is 0 Å². The Labute approximate surface area is 153 Å². The molecule has 2 aromatic heterocycles. The number of hydrogen-bond donors (Lipinski definition) is 2. The zero-order valence-corrected chi connectivity index (χ0v) is 14.4. The summed E-state index contributed by atoms with van der Waals surface area (Å²) in [5, 5.41) is 11.8. The van der Waals surface area contributed by atoms with Crippen LogP contribution in [0.4, 0.5) is 5.88 Å². The standard InChI is InChI=1S/C14H7Cl2N3O5S/c15-6-1-3-9-7(5-6)11(16)12(25-9)14(21)18-17-13(20)8-2-4-10(24-8)19(22)23/h1-5H,(H,17,20)(H,18,21). The number of benzene rings is 1. The number of halogens is 2. The van der Waals surface area contributed by atoms with Crippen LogP contribution in [0.1, 0.15) is 20.2 Å². The topological polar surface area (TPSA) is 114 Å². The summed E-state index contributed by atoms with van der Waals surface area (Å²) in [7, 11) is 0. The van der Waals surface area contributed by atoms with Gasteiger partial charge in [-0.2, -0.15) is 0 Å². The molecule has 0 saturated heterocycles. The molecule has 2 heterocycles. The van der Waals surface area contributed by atoms with Crippen molar-refractivity contribution < 1.29 is 18.9 Å². The average Bonchev–Trinajstić information content (AvgIpc) is 3.18. The van der Waals surface area contributed by atoms with Gasteiger partial charge in [-0.25, -0.2) is 0 Å². The van der Waals surface area contributed by atoms with E-state index in [9.17, 15) is 19.7 Å². The lowest BCUT2D eigenvalue weighted by atomic mass is 10.2. The second-order valence-electron chi connectivity index (χ2n) is 4.69. The number of thiophene rings is 1. The molecule has 8 nitrogen and oxygen atoms in total. The molecule has 0 saturated carbocycles. The van der Waals surface area contributed by atoms with Crippen molar-refractivity contribution in [3.63, 3.8) is 0 Å². The quantitative estimate of drug-likeness (QED) is 0.513. The Bertz CT molecular complexity index is 1010. The molecule has 0 spiro atoms. The Morgan fingerprint density at radius 1 is 1.12 bits per heavy atom. The van der Waals surface area contributed by atoms with Crippen LogP contribution in [0.3, 0.4) is 0 Å². The molecule has 0 atom stereocenters. The number of nitrogens with zero attached hydrogens (tertiary/aromatic N) is 1. The number of amides is 2. The molecule has 2 N–H and O–H groups in total. The van der Waals surface area contributed by atoms with Crippen molar-refractivity contribution in [2.24, 2.45) is 0 Å². The third-order valence-electron chi connectivity index (χ3n) is 3.08. The molecular formula is C14H7Cl2N3O5S. The summed E-state index contributed by atoms with van der Waals surface area (Å²) in [6.07, 6.45) is 0. The van der Waals surface area contributed by atoms with Crippen LogP contribution >= 0.6 is 34.5 Å². The van der Waals surface area contributed by atoms with Gasteiger partial charge < -0.3 is 4.42 Å². The number of furan rings is 1. The lowest BCUT2D eigenvalue weighted by Crippen LogP contribution is -2.41. The molecule has 1 aromatic carbocycles. The number of fused-ring (bicyclic) bond motifs is 1. The predicted molar refractivity (Wildman–Crippen MR) is 92.1 cm³/mol. The number of nitrogens with one attached hydrogen (secondary N) is 2. The molecule has 128 valence electrons. The van der Waals surface area contributed by atoms with Gasteiger partial charge in [0.15, 0.2) is 0 Å². The summed E-state index contributed by atoms with van der Waals surface area (Å²) in [5.74, 6) is -2.39. The maximum atomic E-state index is 12.2. The molecular weight excluding hydrogens is 393 g/mol. The Balaban J connectivity index is 1.73. The van der Waals surface area contributed by atoms with Gasteiger partial charge in [-0.15, -0.1) is 11.3 Å². The number of carbonyl (C=O) groups is 2. The second-order valence-corrected chi connectivity index (χ2v) is 6.56. The Hall–Kier alpha value is -2.62. The van der Waals surface area contributed by atoms with Gasteiger partial charge in [-0.05, 0) is 24.3 Å². The van der Waals surface area contributed by atoms with Gasteiger partial charge in [-0.3, -0.25) is 30.6 Å². The van der Waals surface area contributed by atoms with Gasteiger partial charge in [0.05, 0.1) is 11.1 Å². The van der Waals surface area contributed by atoms with Crippen molar-refractivity contribution in [3.05, 3.63) is 61.1 Å². The van der Waals surface area contributed by atoms with Crippen LogP contribution in [0.5, 0.6) is 0 Å². The molecule has 25 heavy (non-hydrogen) atoms. The highest BCUT2D eigenvalue weighted by molar-refractivity contribution is 7.21. The maximum absolute atomic E-state index is 12.2. The second kappa shape index (κ2) is 6.71. The molecule has 0 unspecified atom stereocenters. The Morgan fingerprint density at radius 2 is 1.84 bits per heavy atom. The Kier molecular flexibility index (Phi) is 4.62. The number of carbonyl (C=O) groups excluding carboxylic acids is 2. The molecule has 0 aliphatic rings. The van der Waals surface area contributed by atoms with Crippen molar-refractivity contribution in [1.29, 1.82) is 0 Å². The van der Waals surface area contributed by atoms with E-state index in [1.54, 1.807) is 18.2 Å². The van der Waals surface area contributed by atoms with Gasteiger partial charge in [0.2, 0.25) is 5.76 Å². The number of hydrogen-bond acceptors (Lipinski definition) is 6. The van der Waals surface area contributed by atoms with E-state index < -0.39 is 22.6 Å². The lowest BCUT2D eigenvalue weighted by Gasteiger charge is -2.04. The molecule has 2 amide bonds. The van der Waals surface area contributed by atoms with Gasteiger partial charge in [0.25, 0.3) is 5.91 Å². The van der Waals surface area contributed by atoms with Crippen LogP contribution in [0, 0.1) is 10.1 Å². The molecule has 3 aromatic rings. The fourth-order valence-electron chi connectivity index (χ4n) is 1.97. The lowest BCUT2D eigenvalue weighted by molar-refractivity contribution is -0.402. The van der Waals surface area contributed by atoms with Gasteiger partial charge in [0.1, 0.15) is 9.80 Å². The summed E-state index contributed by atoms with van der Waals surface area (Å²) in [6.45, 7) is 0. The summed E-state index contributed by atoms with van der Waals surface area (Å²) >= 11 is 13.2.